The molecule has 1 saturated heterocycles. The zero-order valence-corrected chi connectivity index (χ0v) is 11.3. The van der Waals surface area contributed by atoms with Gasteiger partial charge in [-0.2, -0.15) is 0 Å². The second kappa shape index (κ2) is 4.76. The molecule has 0 aliphatic carbocycles. The Morgan fingerprint density at radius 3 is 2.47 bits per heavy atom. The van der Waals surface area contributed by atoms with Crippen LogP contribution in [0.4, 0.5) is 4.39 Å². The van der Waals surface area contributed by atoms with Crippen molar-refractivity contribution in [3.05, 3.63) is 35.6 Å². The van der Waals surface area contributed by atoms with Crippen LogP contribution in [0.3, 0.4) is 0 Å². The Kier molecular flexibility index (Phi) is 3.43. The molecule has 0 saturated carbocycles. The fourth-order valence-corrected chi connectivity index (χ4v) is 2.43. The van der Waals surface area contributed by atoms with Gasteiger partial charge in [0, 0.05) is 5.56 Å². The lowest BCUT2D eigenvalue weighted by atomic mass is 9.74. The van der Waals surface area contributed by atoms with E-state index >= 15 is 0 Å². The van der Waals surface area contributed by atoms with Crippen molar-refractivity contribution < 1.29 is 18.7 Å². The summed E-state index contributed by atoms with van der Waals surface area (Å²) in [7, 11) is 0. The summed E-state index contributed by atoms with van der Waals surface area (Å²) >= 11 is 0. The predicted molar refractivity (Wildman–Crippen MR) is 67.8 cm³/mol. The minimum absolute atomic E-state index is 0.181. The van der Waals surface area contributed by atoms with Gasteiger partial charge in [0.25, 0.3) is 0 Å². The number of rotatable bonds is 2. The Morgan fingerprint density at radius 2 is 1.89 bits per heavy atom. The summed E-state index contributed by atoms with van der Waals surface area (Å²) in [6.07, 6.45) is -0.312. The van der Waals surface area contributed by atoms with Gasteiger partial charge in [0.05, 0.1) is 5.92 Å². The maximum absolute atomic E-state index is 13.8. The average Bonchev–Trinajstić information content (AvgIpc) is 2.37. The van der Waals surface area contributed by atoms with E-state index in [1.165, 1.54) is 6.07 Å². The van der Waals surface area contributed by atoms with Crippen molar-refractivity contribution in [2.45, 2.75) is 33.3 Å². The maximum atomic E-state index is 13.8. The molecular formula is C15H17FO3. The van der Waals surface area contributed by atoms with E-state index in [1.54, 1.807) is 32.0 Å². The lowest BCUT2D eigenvalue weighted by Gasteiger charge is -2.37. The van der Waals surface area contributed by atoms with Crippen molar-refractivity contribution in [3.63, 3.8) is 0 Å². The summed E-state index contributed by atoms with van der Waals surface area (Å²) < 4.78 is 19.2. The van der Waals surface area contributed by atoms with E-state index in [4.69, 9.17) is 4.74 Å². The molecule has 0 radical (unpaired) electrons. The summed E-state index contributed by atoms with van der Waals surface area (Å²) in [6, 6.07) is 6.10. The molecule has 0 N–H and O–H groups in total. The van der Waals surface area contributed by atoms with Gasteiger partial charge in [0.1, 0.15) is 17.3 Å². The largest absolute Gasteiger partial charge is 0.456 e. The standard InChI is InChI=1S/C15H17FO3/c1-4-9-12(10-7-5-6-8-11(10)16)19-14(18)15(2,3)13(9)17/h5-9,12H,4H2,1-3H3/t9-,12+/m0/s1. The highest BCUT2D eigenvalue weighted by Crippen LogP contribution is 2.41. The second-order valence-corrected chi connectivity index (χ2v) is 5.35. The van der Waals surface area contributed by atoms with Crippen LogP contribution < -0.4 is 0 Å². The molecule has 0 aromatic heterocycles. The molecular weight excluding hydrogens is 247 g/mol. The van der Waals surface area contributed by atoms with E-state index in [1.807, 2.05) is 6.92 Å². The molecule has 1 aliphatic rings. The third kappa shape index (κ3) is 2.15. The molecule has 4 heteroatoms. The topological polar surface area (TPSA) is 43.4 Å². The van der Waals surface area contributed by atoms with Gasteiger partial charge in [-0.25, -0.2) is 4.39 Å². The molecule has 1 aromatic carbocycles. The molecule has 1 aliphatic heterocycles. The van der Waals surface area contributed by atoms with Crippen LogP contribution in [0, 0.1) is 17.2 Å². The number of carbonyl (C=O) groups excluding carboxylic acids is 2. The van der Waals surface area contributed by atoms with Crippen molar-refractivity contribution >= 4 is 11.8 Å². The molecule has 2 rings (SSSR count). The highest BCUT2D eigenvalue weighted by atomic mass is 19.1. The number of Topliss-reactive ketones (excluding diaryl/α,β-unsaturated/α-hetero) is 1. The summed E-state index contributed by atoms with van der Waals surface area (Å²) in [5, 5.41) is 0. The van der Waals surface area contributed by atoms with E-state index in [0.29, 0.717) is 6.42 Å². The number of halogens is 1. The van der Waals surface area contributed by atoms with E-state index in [2.05, 4.69) is 0 Å². The van der Waals surface area contributed by atoms with Crippen LogP contribution in [0.1, 0.15) is 38.9 Å². The number of benzene rings is 1. The summed E-state index contributed by atoms with van der Waals surface area (Å²) in [4.78, 5) is 24.3. The van der Waals surface area contributed by atoms with E-state index in [-0.39, 0.29) is 11.3 Å². The van der Waals surface area contributed by atoms with Crippen molar-refractivity contribution in [2.24, 2.45) is 11.3 Å². The van der Waals surface area contributed by atoms with Crippen molar-refractivity contribution in [3.8, 4) is 0 Å². The van der Waals surface area contributed by atoms with Gasteiger partial charge in [0.2, 0.25) is 0 Å². The Balaban J connectivity index is 2.44. The van der Waals surface area contributed by atoms with Gasteiger partial charge < -0.3 is 4.74 Å². The smallest absolute Gasteiger partial charge is 0.319 e. The zero-order chi connectivity index (χ0) is 14.2. The fraction of sp³-hybridized carbons (Fsp3) is 0.467. The molecule has 1 heterocycles. The predicted octanol–water partition coefficient (Wildman–Crippen LogP) is 3.05. The van der Waals surface area contributed by atoms with E-state index in [9.17, 15) is 14.0 Å². The quantitative estimate of drug-likeness (QED) is 0.609. The minimum Gasteiger partial charge on any atom is -0.456 e. The number of hydrogen-bond donors (Lipinski definition) is 0. The first-order valence-electron chi connectivity index (χ1n) is 6.39. The SMILES string of the molecule is CC[C@@H]1C(=O)C(C)(C)C(=O)O[C@H]1c1ccccc1F. The first kappa shape index (κ1) is 13.7. The minimum atomic E-state index is -1.15. The van der Waals surface area contributed by atoms with Crippen molar-refractivity contribution in [1.29, 1.82) is 0 Å². The molecule has 1 fully saturated rings. The van der Waals surface area contributed by atoms with E-state index in [0.717, 1.165) is 0 Å². The summed E-state index contributed by atoms with van der Waals surface area (Å²) in [5.74, 6) is -1.72. The number of carbonyl (C=O) groups is 2. The van der Waals surface area contributed by atoms with Crippen LogP contribution in [-0.4, -0.2) is 11.8 Å². The molecule has 19 heavy (non-hydrogen) atoms. The van der Waals surface area contributed by atoms with Crippen LogP contribution in [0.15, 0.2) is 24.3 Å². The lowest BCUT2D eigenvalue weighted by Crippen LogP contribution is -2.47. The van der Waals surface area contributed by atoms with Gasteiger partial charge >= 0.3 is 5.97 Å². The Morgan fingerprint density at radius 1 is 1.26 bits per heavy atom. The Bertz CT molecular complexity index is 522. The lowest BCUT2D eigenvalue weighted by molar-refractivity contribution is -0.179. The number of esters is 1. The highest BCUT2D eigenvalue weighted by Gasteiger charge is 2.50. The maximum Gasteiger partial charge on any atom is 0.319 e. The fourth-order valence-electron chi connectivity index (χ4n) is 2.43. The van der Waals surface area contributed by atoms with Crippen LogP contribution in [0.25, 0.3) is 0 Å². The molecule has 0 unspecified atom stereocenters. The monoisotopic (exact) mass is 264 g/mol. The van der Waals surface area contributed by atoms with Crippen LogP contribution in [0.2, 0.25) is 0 Å². The zero-order valence-electron chi connectivity index (χ0n) is 11.3. The molecule has 0 amide bonds. The van der Waals surface area contributed by atoms with Gasteiger partial charge in [0.15, 0.2) is 5.78 Å². The number of cyclic esters (lactones) is 1. The van der Waals surface area contributed by atoms with Gasteiger partial charge in [-0.05, 0) is 26.3 Å². The van der Waals surface area contributed by atoms with Gasteiger partial charge in [-0.15, -0.1) is 0 Å². The number of ketones is 1. The van der Waals surface area contributed by atoms with Crippen molar-refractivity contribution in [1.82, 2.24) is 0 Å². The molecule has 102 valence electrons. The normalized spacial score (nSPS) is 26.1. The number of hydrogen-bond acceptors (Lipinski definition) is 3. The molecule has 3 nitrogen and oxygen atoms in total. The van der Waals surface area contributed by atoms with Crippen LogP contribution in [-0.2, 0) is 14.3 Å². The molecule has 0 bridgehead atoms. The molecule has 1 aromatic rings. The van der Waals surface area contributed by atoms with Gasteiger partial charge in [-0.3, -0.25) is 9.59 Å². The molecule has 2 atom stereocenters. The second-order valence-electron chi connectivity index (χ2n) is 5.35. The van der Waals surface area contributed by atoms with Crippen molar-refractivity contribution in [2.75, 3.05) is 0 Å². The average molecular weight is 264 g/mol. The summed E-state index contributed by atoms with van der Waals surface area (Å²) in [6.45, 7) is 4.95. The highest BCUT2D eigenvalue weighted by molar-refractivity contribution is 6.06. The number of ether oxygens (including phenoxy) is 1. The third-order valence-electron chi connectivity index (χ3n) is 3.71. The Labute approximate surface area is 111 Å². The van der Waals surface area contributed by atoms with Gasteiger partial charge in [-0.1, -0.05) is 25.1 Å². The first-order valence-corrected chi connectivity index (χ1v) is 6.39. The van der Waals surface area contributed by atoms with E-state index < -0.39 is 29.2 Å². The first-order chi connectivity index (χ1) is 8.89. The molecule has 0 spiro atoms. The van der Waals surface area contributed by atoms with Crippen LogP contribution >= 0.6 is 0 Å². The summed E-state index contributed by atoms with van der Waals surface area (Å²) in [5.41, 5.74) is -0.880. The Hall–Kier alpha value is -1.71. The third-order valence-corrected chi connectivity index (χ3v) is 3.71. The van der Waals surface area contributed by atoms with Crippen LogP contribution in [0.5, 0.6) is 0 Å².